The van der Waals surface area contributed by atoms with Crippen LogP contribution >= 0.6 is 0 Å². The monoisotopic (exact) mass is 479 g/mol. The number of carbonyl (C=O) groups is 2. The summed E-state index contributed by atoms with van der Waals surface area (Å²) in [6.45, 7) is 6.73. The van der Waals surface area contributed by atoms with Crippen LogP contribution in [0.2, 0.25) is 0 Å². The summed E-state index contributed by atoms with van der Waals surface area (Å²) in [5.41, 5.74) is 6.97. The van der Waals surface area contributed by atoms with Crippen molar-refractivity contribution in [1.82, 2.24) is 30.0 Å². The maximum atomic E-state index is 13.7. The number of carbonyl (C=O) groups excluding carboxylic acids is 2. The summed E-state index contributed by atoms with van der Waals surface area (Å²) in [6.07, 6.45) is 6.58. The minimum atomic E-state index is -0.849. The van der Waals surface area contributed by atoms with Gasteiger partial charge in [0.05, 0.1) is 22.3 Å². The number of piperidine rings is 1. The fraction of sp³-hybridized carbons (Fsp3) is 0.480. The molecule has 5 rings (SSSR count). The third-order valence-corrected chi connectivity index (χ3v) is 7.27. The molecule has 2 fully saturated rings. The number of hydrogen-bond donors (Lipinski definition) is 2. The number of amides is 2. The molecular weight excluding hydrogens is 449 g/mol. The zero-order valence-corrected chi connectivity index (χ0v) is 20.2. The summed E-state index contributed by atoms with van der Waals surface area (Å²) in [5.74, 6) is -0.326. The highest BCUT2D eigenvalue weighted by Gasteiger charge is 2.47. The van der Waals surface area contributed by atoms with Gasteiger partial charge in [0.15, 0.2) is 0 Å². The van der Waals surface area contributed by atoms with Gasteiger partial charge in [-0.2, -0.15) is 9.78 Å². The molecule has 1 spiro atoms. The largest absolute Gasteiger partial charge is 0.349 e. The Balaban J connectivity index is 1.18. The normalized spacial score (nSPS) is 18.0. The predicted octanol–water partition coefficient (Wildman–Crippen LogP) is 2.50. The summed E-state index contributed by atoms with van der Waals surface area (Å²) >= 11 is 0. The number of hydrogen-bond acceptors (Lipinski definition) is 6. The molecule has 0 unspecified atom stereocenters. The van der Waals surface area contributed by atoms with Gasteiger partial charge in [-0.15, -0.1) is 0 Å². The molecule has 35 heavy (non-hydrogen) atoms. The van der Waals surface area contributed by atoms with Crippen molar-refractivity contribution in [3.05, 3.63) is 47.7 Å². The van der Waals surface area contributed by atoms with Crippen molar-refractivity contribution in [2.45, 2.75) is 58.0 Å². The minimum absolute atomic E-state index is 0.0108. The van der Waals surface area contributed by atoms with Gasteiger partial charge in [0.1, 0.15) is 5.82 Å². The second-order valence-corrected chi connectivity index (χ2v) is 10.5. The van der Waals surface area contributed by atoms with Crippen molar-refractivity contribution in [1.29, 1.82) is 0 Å². The highest BCUT2D eigenvalue weighted by atomic mass is 19.1. The van der Waals surface area contributed by atoms with Gasteiger partial charge in [-0.3, -0.25) is 9.59 Å². The summed E-state index contributed by atoms with van der Waals surface area (Å²) < 4.78 is 15.2. The second-order valence-electron chi connectivity index (χ2n) is 10.5. The van der Waals surface area contributed by atoms with Gasteiger partial charge in [-0.1, -0.05) is 0 Å². The van der Waals surface area contributed by atoms with Gasteiger partial charge in [-0.05, 0) is 64.0 Å². The van der Waals surface area contributed by atoms with Crippen LogP contribution in [0.4, 0.5) is 4.39 Å². The van der Waals surface area contributed by atoms with E-state index in [1.165, 1.54) is 29.2 Å². The Morgan fingerprint density at radius 2 is 1.83 bits per heavy atom. The van der Waals surface area contributed by atoms with Gasteiger partial charge in [0.25, 0.3) is 11.9 Å². The standard InChI is InChI=1S/C25H30FN7O2/c1-15-19-5-4-17(26)10-20(19)33(31-15)23-28-13-16(14-29-23)21(34)30-18-11-25(12-18)6-8-32(9-7-25)22(35)24(2,3)27/h4-5,10,13-14,18H,6-9,11-12,27H2,1-3H3,(H,30,34). The van der Waals surface area contributed by atoms with E-state index in [0.717, 1.165) is 36.8 Å². The quantitative estimate of drug-likeness (QED) is 0.594. The lowest BCUT2D eigenvalue weighted by Gasteiger charge is -2.52. The fourth-order valence-corrected chi connectivity index (χ4v) is 5.30. The second kappa shape index (κ2) is 8.37. The molecule has 0 bridgehead atoms. The van der Waals surface area contributed by atoms with Gasteiger partial charge in [0.2, 0.25) is 5.91 Å². The molecule has 3 aromatic rings. The Morgan fingerprint density at radius 1 is 1.17 bits per heavy atom. The average molecular weight is 480 g/mol. The third-order valence-electron chi connectivity index (χ3n) is 7.27. The fourth-order valence-electron chi connectivity index (χ4n) is 5.30. The lowest BCUT2D eigenvalue weighted by molar-refractivity contribution is -0.139. The number of aromatic nitrogens is 4. The number of fused-ring (bicyclic) bond motifs is 1. The van der Waals surface area contributed by atoms with Crippen LogP contribution in [-0.2, 0) is 4.79 Å². The Bertz CT molecular complexity index is 1280. The van der Waals surface area contributed by atoms with E-state index < -0.39 is 5.54 Å². The maximum Gasteiger partial charge on any atom is 0.254 e. The number of likely N-dealkylation sites (tertiary alicyclic amines) is 1. The Hall–Kier alpha value is -3.40. The van der Waals surface area contributed by atoms with Crippen molar-refractivity contribution in [2.24, 2.45) is 11.1 Å². The van der Waals surface area contributed by atoms with Crippen LogP contribution in [0.3, 0.4) is 0 Å². The number of nitrogens with two attached hydrogens (primary N) is 1. The van der Waals surface area contributed by atoms with Crippen molar-refractivity contribution < 1.29 is 14.0 Å². The first-order valence-electron chi connectivity index (χ1n) is 11.9. The first kappa shape index (κ1) is 23.3. The molecule has 1 saturated heterocycles. The molecule has 10 heteroatoms. The van der Waals surface area contributed by atoms with Gasteiger partial charge >= 0.3 is 0 Å². The predicted molar refractivity (Wildman–Crippen MR) is 128 cm³/mol. The van der Waals surface area contributed by atoms with E-state index in [0.29, 0.717) is 24.2 Å². The number of benzene rings is 1. The highest BCUT2D eigenvalue weighted by Crippen LogP contribution is 2.49. The van der Waals surface area contributed by atoms with E-state index >= 15 is 0 Å². The molecular formula is C25H30FN7O2. The van der Waals surface area contributed by atoms with Crippen molar-refractivity contribution in [3.63, 3.8) is 0 Å². The molecule has 184 valence electrons. The van der Waals surface area contributed by atoms with E-state index in [1.807, 2.05) is 11.8 Å². The first-order chi connectivity index (χ1) is 16.5. The smallest absolute Gasteiger partial charge is 0.254 e. The summed E-state index contributed by atoms with van der Waals surface area (Å²) in [4.78, 5) is 35.6. The molecule has 1 saturated carbocycles. The number of halogens is 1. The molecule has 2 aliphatic rings. The van der Waals surface area contributed by atoms with E-state index in [1.54, 1.807) is 19.9 Å². The summed E-state index contributed by atoms with van der Waals surface area (Å²) in [6, 6.07) is 4.56. The molecule has 9 nitrogen and oxygen atoms in total. The summed E-state index contributed by atoms with van der Waals surface area (Å²) in [7, 11) is 0. The van der Waals surface area contributed by atoms with Crippen LogP contribution in [0.5, 0.6) is 0 Å². The van der Waals surface area contributed by atoms with Gasteiger partial charge in [-0.25, -0.2) is 14.4 Å². The molecule has 1 aliphatic heterocycles. The Labute approximate surface area is 202 Å². The van der Waals surface area contributed by atoms with Crippen molar-refractivity contribution in [3.8, 4) is 5.95 Å². The summed E-state index contributed by atoms with van der Waals surface area (Å²) in [5, 5.41) is 8.31. The molecule has 3 N–H and O–H groups in total. The molecule has 1 aliphatic carbocycles. The van der Waals surface area contributed by atoms with E-state index in [-0.39, 0.29) is 35.0 Å². The molecule has 0 radical (unpaired) electrons. The maximum absolute atomic E-state index is 13.7. The van der Waals surface area contributed by atoms with E-state index in [9.17, 15) is 14.0 Å². The van der Waals surface area contributed by atoms with E-state index in [4.69, 9.17) is 5.73 Å². The van der Waals surface area contributed by atoms with Crippen LogP contribution < -0.4 is 11.1 Å². The van der Waals surface area contributed by atoms with Crippen LogP contribution in [0.25, 0.3) is 16.9 Å². The van der Waals surface area contributed by atoms with Crippen LogP contribution in [0, 0.1) is 18.2 Å². The Morgan fingerprint density at radius 3 is 2.46 bits per heavy atom. The molecule has 0 atom stereocenters. The SMILES string of the molecule is Cc1nn(-c2ncc(C(=O)NC3CC4(CCN(C(=O)C(C)(C)N)CC4)C3)cn2)c2cc(F)ccc12. The van der Waals surface area contributed by atoms with Crippen LogP contribution in [0.1, 0.15) is 55.6 Å². The lowest BCUT2D eigenvalue weighted by atomic mass is 9.60. The average Bonchev–Trinajstić information content (AvgIpc) is 3.13. The minimum Gasteiger partial charge on any atom is -0.349 e. The zero-order valence-electron chi connectivity index (χ0n) is 20.2. The van der Waals surface area contributed by atoms with Crippen molar-refractivity contribution in [2.75, 3.05) is 13.1 Å². The first-order valence-corrected chi connectivity index (χ1v) is 11.9. The van der Waals surface area contributed by atoms with Crippen LogP contribution in [0.15, 0.2) is 30.6 Å². The Kier molecular flexibility index (Phi) is 5.58. The molecule has 3 heterocycles. The molecule has 1 aromatic carbocycles. The lowest BCUT2D eigenvalue weighted by Crippen LogP contribution is -2.58. The molecule has 2 aromatic heterocycles. The third kappa shape index (κ3) is 4.38. The number of rotatable bonds is 4. The number of aryl methyl sites for hydroxylation is 1. The highest BCUT2D eigenvalue weighted by molar-refractivity contribution is 5.94. The van der Waals surface area contributed by atoms with Gasteiger partial charge < -0.3 is 16.0 Å². The van der Waals surface area contributed by atoms with Crippen molar-refractivity contribution >= 4 is 22.7 Å². The topological polar surface area (TPSA) is 119 Å². The van der Waals surface area contributed by atoms with E-state index in [2.05, 4.69) is 20.4 Å². The zero-order chi connectivity index (χ0) is 25.0. The van der Waals surface area contributed by atoms with Crippen LogP contribution in [-0.4, -0.2) is 61.1 Å². The van der Waals surface area contributed by atoms with Gasteiger partial charge in [0, 0.05) is 43.0 Å². The molecule has 2 amide bonds. The number of nitrogens with zero attached hydrogens (tertiary/aromatic N) is 5. The number of nitrogens with one attached hydrogen (secondary N) is 1.